The quantitative estimate of drug-likeness (QED) is 0.383. The van der Waals surface area contributed by atoms with E-state index in [0.717, 1.165) is 25.7 Å². The Kier molecular flexibility index (Phi) is 8.56. The topological polar surface area (TPSA) is 99.2 Å². The standard InChI is InChI=1S/C23H25F2NO7S/c1-31-21-11-10-18(34(29,30)26-12-4-2-3-5-13-26)14-19(21)22(28)32-15-20(27)16-6-8-17(9-7-16)33-23(24)25/h6-11,14,23H,2-5,12-13,15H2,1H3. The van der Waals surface area contributed by atoms with Gasteiger partial charge in [0.1, 0.15) is 17.1 Å². The van der Waals surface area contributed by atoms with Crippen molar-refractivity contribution in [3.05, 3.63) is 53.6 Å². The fourth-order valence-corrected chi connectivity index (χ4v) is 5.10. The molecule has 1 heterocycles. The average molecular weight is 498 g/mol. The van der Waals surface area contributed by atoms with E-state index >= 15 is 0 Å². The third-order valence-corrected chi connectivity index (χ3v) is 7.22. The van der Waals surface area contributed by atoms with Crippen molar-refractivity contribution in [3.63, 3.8) is 0 Å². The minimum absolute atomic E-state index is 0.0666. The smallest absolute Gasteiger partial charge is 0.387 e. The van der Waals surface area contributed by atoms with E-state index in [9.17, 15) is 26.8 Å². The molecule has 0 radical (unpaired) electrons. The molecule has 1 aliphatic heterocycles. The summed E-state index contributed by atoms with van der Waals surface area (Å²) in [4.78, 5) is 24.9. The second kappa shape index (κ2) is 11.4. The molecular formula is C23H25F2NO7S. The zero-order valence-corrected chi connectivity index (χ0v) is 19.4. The van der Waals surface area contributed by atoms with Gasteiger partial charge in [-0.15, -0.1) is 0 Å². The largest absolute Gasteiger partial charge is 0.496 e. The summed E-state index contributed by atoms with van der Waals surface area (Å²) in [5.74, 6) is -1.53. The first-order valence-corrected chi connectivity index (χ1v) is 12.1. The normalized spacial score (nSPS) is 14.9. The van der Waals surface area contributed by atoms with E-state index < -0.39 is 35.0 Å². The van der Waals surface area contributed by atoms with Gasteiger partial charge in [0.05, 0.1) is 12.0 Å². The second-order valence-corrected chi connectivity index (χ2v) is 9.52. The zero-order chi connectivity index (χ0) is 24.7. The molecule has 0 spiro atoms. The second-order valence-electron chi connectivity index (χ2n) is 7.58. The number of nitrogens with zero attached hydrogens (tertiary/aromatic N) is 1. The number of Topliss-reactive ketones (excluding diaryl/α,β-unsaturated/α-hetero) is 1. The summed E-state index contributed by atoms with van der Waals surface area (Å²) in [6.07, 6.45) is 3.45. The molecule has 0 aromatic heterocycles. The minimum atomic E-state index is -3.82. The summed E-state index contributed by atoms with van der Waals surface area (Å²) >= 11 is 0. The number of esters is 1. The van der Waals surface area contributed by atoms with Crippen molar-refractivity contribution in [2.24, 2.45) is 0 Å². The molecule has 3 rings (SSSR count). The Morgan fingerprint density at radius 3 is 2.24 bits per heavy atom. The molecule has 0 amide bonds. The zero-order valence-electron chi connectivity index (χ0n) is 18.5. The van der Waals surface area contributed by atoms with Gasteiger partial charge < -0.3 is 14.2 Å². The van der Waals surface area contributed by atoms with Crippen LogP contribution in [0.5, 0.6) is 11.5 Å². The fraction of sp³-hybridized carbons (Fsp3) is 0.391. The van der Waals surface area contributed by atoms with Gasteiger partial charge in [-0.25, -0.2) is 13.2 Å². The van der Waals surface area contributed by atoms with Gasteiger partial charge in [-0.3, -0.25) is 4.79 Å². The maximum atomic E-state index is 13.1. The molecule has 1 fully saturated rings. The maximum Gasteiger partial charge on any atom is 0.387 e. The molecule has 34 heavy (non-hydrogen) atoms. The van der Waals surface area contributed by atoms with E-state index in [1.165, 1.54) is 53.9 Å². The molecule has 0 N–H and O–H groups in total. The summed E-state index contributed by atoms with van der Waals surface area (Å²) in [7, 11) is -2.49. The lowest BCUT2D eigenvalue weighted by molar-refractivity contribution is -0.0498. The van der Waals surface area contributed by atoms with E-state index in [2.05, 4.69) is 4.74 Å². The maximum absolute atomic E-state index is 13.1. The Hall–Kier alpha value is -3.05. The summed E-state index contributed by atoms with van der Waals surface area (Å²) in [5, 5.41) is 0. The molecule has 0 unspecified atom stereocenters. The van der Waals surface area contributed by atoms with E-state index in [-0.39, 0.29) is 27.5 Å². The summed E-state index contributed by atoms with van der Waals surface area (Å²) in [5.41, 5.74) is -0.00856. The van der Waals surface area contributed by atoms with Crippen molar-refractivity contribution in [2.45, 2.75) is 37.2 Å². The number of benzene rings is 2. The lowest BCUT2D eigenvalue weighted by Gasteiger charge is -2.20. The first-order chi connectivity index (χ1) is 16.2. The number of sulfonamides is 1. The van der Waals surface area contributed by atoms with Gasteiger partial charge in [0.2, 0.25) is 10.0 Å². The monoisotopic (exact) mass is 497 g/mol. The molecule has 0 saturated carbocycles. The summed E-state index contributed by atoms with van der Waals surface area (Å²) in [6.45, 7) is -2.82. The van der Waals surface area contributed by atoms with Crippen LogP contribution in [-0.2, 0) is 14.8 Å². The number of carbonyl (C=O) groups is 2. The SMILES string of the molecule is COc1ccc(S(=O)(=O)N2CCCCCC2)cc1C(=O)OCC(=O)c1ccc(OC(F)F)cc1. The predicted molar refractivity (Wildman–Crippen MR) is 118 cm³/mol. The lowest BCUT2D eigenvalue weighted by atomic mass is 10.1. The third-order valence-electron chi connectivity index (χ3n) is 5.33. The van der Waals surface area contributed by atoms with Crippen molar-refractivity contribution in [1.82, 2.24) is 4.31 Å². The van der Waals surface area contributed by atoms with Gasteiger partial charge in [-0.1, -0.05) is 12.8 Å². The molecular weight excluding hydrogens is 472 g/mol. The van der Waals surface area contributed by atoms with Gasteiger partial charge in [-0.2, -0.15) is 13.1 Å². The molecule has 11 heteroatoms. The molecule has 8 nitrogen and oxygen atoms in total. The molecule has 0 atom stereocenters. The van der Waals surface area contributed by atoms with Crippen LogP contribution in [0, 0.1) is 0 Å². The molecule has 2 aromatic rings. The first-order valence-electron chi connectivity index (χ1n) is 10.7. The van der Waals surface area contributed by atoms with E-state index in [4.69, 9.17) is 9.47 Å². The van der Waals surface area contributed by atoms with Crippen molar-refractivity contribution < 1.29 is 41.0 Å². The number of alkyl halides is 2. The number of hydrogen-bond acceptors (Lipinski definition) is 7. The van der Waals surface area contributed by atoms with Crippen LogP contribution in [0.1, 0.15) is 46.4 Å². The summed E-state index contributed by atoms with van der Waals surface area (Å²) < 4.78 is 66.5. The van der Waals surface area contributed by atoms with Crippen LogP contribution >= 0.6 is 0 Å². The van der Waals surface area contributed by atoms with E-state index in [1.54, 1.807) is 0 Å². The Bertz CT molecular complexity index is 1110. The number of halogens is 2. The van der Waals surface area contributed by atoms with E-state index in [1.807, 2.05) is 0 Å². The Labute approximate surface area is 196 Å². The van der Waals surface area contributed by atoms with Crippen LogP contribution in [0.4, 0.5) is 8.78 Å². The van der Waals surface area contributed by atoms with Gasteiger partial charge in [-0.05, 0) is 55.3 Å². The van der Waals surface area contributed by atoms with Crippen LogP contribution < -0.4 is 9.47 Å². The Balaban J connectivity index is 1.73. The van der Waals surface area contributed by atoms with Gasteiger partial charge in [0.15, 0.2) is 12.4 Å². The molecule has 184 valence electrons. The van der Waals surface area contributed by atoms with Crippen LogP contribution in [0.15, 0.2) is 47.4 Å². The number of carbonyl (C=O) groups excluding carboxylic acids is 2. The van der Waals surface area contributed by atoms with Crippen LogP contribution in [0.25, 0.3) is 0 Å². The number of ketones is 1. The Morgan fingerprint density at radius 1 is 1.00 bits per heavy atom. The number of ether oxygens (including phenoxy) is 3. The van der Waals surface area contributed by atoms with Crippen molar-refractivity contribution >= 4 is 21.8 Å². The van der Waals surface area contributed by atoms with Gasteiger partial charge >= 0.3 is 12.6 Å². The highest BCUT2D eigenvalue weighted by Crippen LogP contribution is 2.27. The highest BCUT2D eigenvalue weighted by Gasteiger charge is 2.27. The van der Waals surface area contributed by atoms with Crippen molar-refractivity contribution in [3.8, 4) is 11.5 Å². The number of hydrogen-bond donors (Lipinski definition) is 0. The molecule has 0 bridgehead atoms. The van der Waals surface area contributed by atoms with Crippen molar-refractivity contribution in [2.75, 3.05) is 26.8 Å². The van der Waals surface area contributed by atoms with Gasteiger partial charge in [0, 0.05) is 18.7 Å². The number of rotatable bonds is 9. The average Bonchev–Trinajstić information content (AvgIpc) is 3.12. The highest BCUT2D eigenvalue weighted by molar-refractivity contribution is 7.89. The molecule has 2 aromatic carbocycles. The highest BCUT2D eigenvalue weighted by atomic mass is 32.2. The fourth-order valence-electron chi connectivity index (χ4n) is 3.55. The van der Waals surface area contributed by atoms with E-state index in [0.29, 0.717) is 13.1 Å². The molecule has 1 aliphatic rings. The predicted octanol–water partition coefficient (Wildman–Crippen LogP) is 3.90. The minimum Gasteiger partial charge on any atom is -0.496 e. The molecule has 1 saturated heterocycles. The van der Waals surface area contributed by atoms with Crippen molar-refractivity contribution in [1.29, 1.82) is 0 Å². The number of methoxy groups -OCH3 is 1. The van der Waals surface area contributed by atoms with Crippen LogP contribution in [0.2, 0.25) is 0 Å². The summed E-state index contributed by atoms with van der Waals surface area (Å²) in [6, 6.07) is 8.84. The molecule has 0 aliphatic carbocycles. The first kappa shape index (κ1) is 25.6. The van der Waals surface area contributed by atoms with Gasteiger partial charge in [0.25, 0.3) is 0 Å². The Morgan fingerprint density at radius 2 is 1.65 bits per heavy atom. The lowest BCUT2D eigenvalue weighted by Crippen LogP contribution is -2.32. The third kappa shape index (κ3) is 6.29. The van der Waals surface area contributed by atoms with Crippen LogP contribution in [0.3, 0.4) is 0 Å². The van der Waals surface area contributed by atoms with Crippen LogP contribution in [-0.4, -0.2) is 57.9 Å².